The molecule has 0 aliphatic rings. The molecule has 3 heterocycles. The van der Waals surface area contributed by atoms with Gasteiger partial charge in [0, 0.05) is 5.39 Å². The molecule has 0 atom stereocenters. The molecular formula is C18H15N3O2S. The first-order valence-electron chi connectivity index (χ1n) is 7.57. The molecule has 0 aliphatic carbocycles. The number of hydrogen-bond acceptors (Lipinski definition) is 4. The van der Waals surface area contributed by atoms with Crippen LogP contribution in [0.2, 0.25) is 0 Å². The second-order valence-electron chi connectivity index (χ2n) is 5.42. The van der Waals surface area contributed by atoms with Gasteiger partial charge < -0.3 is 9.73 Å². The van der Waals surface area contributed by atoms with E-state index in [4.69, 9.17) is 4.42 Å². The maximum atomic E-state index is 12.4. The molecule has 0 saturated carbocycles. The number of hydrogen-bond donors (Lipinski definition) is 1. The summed E-state index contributed by atoms with van der Waals surface area (Å²) in [6.45, 7) is 2.34. The minimum absolute atomic E-state index is 0.105. The van der Waals surface area contributed by atoms with Crippen molar-refractivity contribution in [3.8, 4) is 5.69 Å². The minimum Gasteiger partial charge on any atom is -0.467 e. The number of carbonyl (C=O) groups is 1. The van der Waals surface area contributed by atoms with Crippen LogP contribution in [0.25, 0.3) is 15.9 Å². The van der Waals surface area contributed by atoms with Crippen LogP contribution < -0.4 is 5.32 Å². The second kappa shape index (κ2) is 5.98. The van der Waals surface area contributed by atoms with Crippen molar-refractivity contribution in [3.05, 3.63) is 71.1 Å². The molecule has 1 N–H and O–H groups in total. The van der Waals surface area contributed by atoms with Gasteiger partial charge in [-0.15, -0.1) is 11.3 Å². The summed E-state index contributed by atoms with van der Waals surface area (Å²) in [5.41, 5.74) is 1.90. The molecule has 6 heteroatoms. The number of rotatable bonds is 4. The Morgan fingerprint density at radius 1 is 1.25 bits per heavy atom. The van der Waals surface area contributed by atoms with E-state index in [1.54, 1.807) is 12.3 Å². The molecule has 3 aromatic heterocycles. The molecule has 0 saturated heterocycles. The van der Waals surface area contributed by atoms with Crippen LogP contribution in [0.3, 0.4) is 0 Å². The van der Waals surface area contributed by atoms with Gasteiger partial charge in [0.15, 0.2) is 0 Å². The summed E-state index contributed by atoms with van der Waals surface area (Å²) in [7, 11) is 0. The quantitative estimate of drug-likeness (QED) is 0.614. The summed E-state index contributed by atoms with van der Waals surface area (Å²) in [5, 5.41) is 8.47. The van der Waals surface area contributed by atoms with E-state index in [-0.39, 0.29) is 5.91 Å². The molecule has 0 spiro atoms. The van der Waals surface area contributed by atoms with Crippen LogP contribution in [0.5, 0.6) is 0 Å². The van der Waals surface area contributed by atoms with E-state index in [1.165, 1.54) is 11.3 Å². The number of para-hydroxylation sites is 1. The van der Waals surface area contributed by atoms with Gasteiger partial charge in [-0.1, -0.05) is 18.2 Å². The van der Waals surface area contributed by atoms with Gasteiger partial charge >= 0.3 is 0 Å². The Kier molecular flexibility index (Phi) is 3.66. The first kappa shape index (κ1) is 14.7. The van der Waals surface area contributed by atoms with Crippen molar-refractivity contribution in [3.63, 3.8) is 0 Å². The highest BCUT2D eigenvalue weighted by Crippen LogP contribution is 2.30. The molecule has 5 nitrogen and oxygen atoms in total. The normalized spacial score (nSPS) is 11.0. The lowest BCUT2D eigenvalue weighted by atomic mass is 10.3. The molecule has 120 valence electrons. The summed E-state index contributed by atoms with van der Waals surface area (Å²) < 4.78 is 7.12. The number of carbonyl (C=O) groups excluding carboxylic acids is 1. The highest BCUT2D eigenvalue weighted by Gasteiger charge is 2.17. The zero-order valence-electron chi connectivity index (χ0n) is 13.0. The zero-order valence-corrected chi connectivity index (χ0v) is 13.8. The maximum Gasteiger partial charge on any atom is 0.261 e. The third-order valence-electron chi connectivity index (χ3n) is 3.77. The molecule has 1 amide bonds. The average molecular weight is 337 g/mol. The molecule has 1 aromatic carbocycles. The fourth-order valence-corrected chi connectivity index (χ4v) is 3.67. The third kappa shape index (κ3) is 2.61. The Morgan fingerprint density at radius 3 is 2.83 bits per heavy atom. The molecular weight excluding hydrogens is 322 g/mol. The van der Waals surface area contributed by atoms with E-state index < -0.39 is 0 Å². The first-order chi connectivity index (χ1) is 11.7. The summed E-state index contributed by atoms with van der Waals surface area (Å²) in [4.78, 5) is 14.0. The van der Waals surface area contributed by atoms with Crippen molar-refractivity contribution in [1.82, 2.24) is 15.1 Å². The lowest BCUT2D eigenvalue weighted by molar-refractivity contribution is 0.0952. The second-order valence-corrected chi connectivity index (χ2v) is 6.45. The first-order valence-corrected chi connectivity index (χ1v) is 8.39. The fraction of sp³-hybridized carbons (Fsp3) is 0.111. The number of benzene rings is 1. The van der Waals surface area contributed by atoms with E-state index in [0.29, 0.717) is 11.4 Å². The molecule has 4 aromatic rings. The minimum atomic E-state index is -0.105. The lowest BCUT2D eigenvalue weighted by Crippen LogP contribution is -2.21. The summed E-state index contributed by atoms with van der Waals surface area (Å²) in [6, 6.07) is 15.5. The molecule has 0 bridgehead atoms. The van der Waals surface area contributed by atoms with Crippen LogP contribution >= 0.6 is 11.3 Å². The van der Waals surface area contributed by atoms with E-state index in [0.717, 1.165) is 27.4 Å². The van der Waals surface area contributed by atoms with Gasteiger partial charge in [0.05, 0.1) is 29.1 Å². The SMILES string of the molecule is Cc1nn(-c2ccccc2)c2sc(C(=O)NCc3ccco3)cc12. The molecule has 0 radical (unpaired) electrons. The number of thiophene rings is 1. The van der Waals surface area contributed by atoms with Gasteiger partial charge in [0.1, 0.15) is 10.6 Å². The Bertz CT molecular complexity index is 984. The van der Waals surface area contributed by atoms with Gasteiger partial charge in [-0.05, 0) is 37.3 Å². The van der Waals surface area contributed by atoms with Crippen LogP contribution in [-0.2, 0) is 6.54 Å². The number of nitrogens with zero attached hydrogens (tertiary/aromatic N) is 2. The Balaban J connectivity index is 1.64. The number of furan rings is 1. The van der Waals surface area contributed by atoms with Gasteiger partial charge in [-0.2, -0.15) is 5.10 Å². The maximum absolute atomic E-state index is 12.4. The molecule has 0 aliphatic heterocycles. The summed E-state index contributed by atoms with van der Waals surface area (Å²) in [6.07, 6.45) is 1.60. The molecule has 0 unspecified atom stereocenters. The predicted octanol–water partition coefficient (Wildman–Crippen LogP) is 3.92. The topological polar surface area (TPSA) is 60.1 Å². The van der Waals surface area contributed by atoms with Crippen LogP contribution in [0.15, 0.2) is 59.2 Å². The monoisotopic (exact) mass is 337 g/mol. The molecule has 4 rings (SSSR count). The van der Waals surface area contributed by atoms with Crippen molar-refractivity contribution < 1.29 is 9.21 Å². The van der Waals surface area contributed by atoms with Gasteiger partial charge in [-0.3, -0.25) is 4.79 Å². The number of nitrogens with one attached hydrogen (secondary N) is 1. The highest BCUT2D eigenvalue weighted by atomic mass is 32.1. The standard InChI is InChI=1S/C18H15N3O2S/c1-12-15-10-16(17(22)19-11-14-8-5-9-23-14)24-18(15)21(20-12)13-6-3-2-4-7-13/h2-10H,11H2,1H3,(H,19,22). The Morgan fingerprint density at radius 2 is 2.08 bits per heavy atom. The number of aromatic nitrogens is 2. The number of amides is 1. The van der Waals surface area contributed by atoms with Gasteiger partial charge in [0.25, 0.3) is 5.91 Å². The van der Waals surface area contributed by atoms with Gasteiger partial charge in [-0.25, -0.2) is 4.68 Å². The van der Waals surface area contributed by atoms with E-state index >= 15 is 0 Å². The van der Waals surface area contributed by atoms with Crippen molar-refractivity contribution in [2.45, 2.75) is 13.5 Å². The highest BCUT2D eigenvalue weighted by molar-refractivity contribution is 7.20. The largest absolute Gasteiger partial charge is 0.467 e. The van der Waals surface area contributed by atoms with Crippen LogP contribution in [0, 0.1) is 6.92 Å². The van der Waals surface area contributed by atoms with Crippen molar-refractivity contribution in [2.75, 3.05) is 0 Å². The third-order valence-corrected chi connectivity index (χ3v) is 4.88. The average Bonchev–Trinajstić information content (AvgIpc) is 3.32. The van der Waals surface area contributed by atoms with Crippen LogP contribution in [0.1, 0.15) is 21.1 Å². The lowest BCUT2D eigenvalue weighted by Gasteiger charge is -2.02. The molecule has 24 heavy (non-hydrogen) atoms. The van der Waals surface area contributed by atoms with Gasteiger partial charge in [0.2, 0.25) is 0 Å². The predicted molar refractivity (Wildman–Crippen MR) is 93.6 cm³/mol. The van der Waals surface area contributed by atoms with Crippen molar-refractivity contribution >= 4 is 27.5 Å². The fourth-order valence-electron chi connectivity index (χ4n) is 2.57. The Labute approximate surface area is 142 Å². The zero-order chi connectivity index (χ0) is 16.5. The summed E-state index contributed by atoms with van der Waals surface area (Å²) in [5.74, 6) is 0.628. The van der Waals surface area contributed by atoms with E-state index in [9.17, 15) is 4.79 Å². The molecule has 0 fully saturated rings. The number of fused-ring (bicyclic) bond motifs is 1. The van der Waals surface area contributed by atoms with E-state index in [1.807, 2.05) is 54.1 Å². The van der Waals surface area contributed by atoms with Crippen LogP contribution in [0.4, 0.5) is 0 Å². The van der Waals surface area contributed by atoms with E-state index in [2.05, 4.69) is 10.4 Å². The van der Waals surface area contributed by atoms with Crippen molar-refractivity contribution in [2.24, 2.45) is 0 Å². The Hall–Kier alpha value is -2.86. The summed E-state index contributed by atoms with van der Waals surface area (Å²) >= 11 is 1.44. The van der Waals surface area contributed by atoms with Crippen LogP contribution in [-0.4, -0.2) is 15.7 Å². The van der Waals surface area contributed by atoms with Crippen molar-refractivity contribution in [1.29, 1.82) is 0 Å². The smallest absolute Gasteiger partial charge is 0.261 e. The number of aryl methyl sites for hydroxylation is 1.